The van der Waals surface area contributed by atoms with Crippen LogP contribution in [0.2, 0.25) is 0 Å². The summed E-state index contributed by atoms with van der Waals surface area (Å²) in [6.45, 7) is 7.66. The van der Waals surface area contributed by atoms with E-state index in [-0.39, 0.29) is 5.41 Å². The quantitative estimate of drug-likeness (QED) is 0.723. The summed E-state index contributed by atoms with van der Waals surface area (Å²) >= 11 is 0. The van der Waals surface area contributed by atoms with Crippen molar-refractivity contribution in [2.75, 3.05) is 6.54 Å². The van der Waals surface area contributed by atoms with Crippen LogP contribution in [0, 0.1) is 0 Å². The predicted octanol–water partition coefficient (Wildman–Crippen LogP) is 3.68. The average molecular weight is 313 g/mol. The van der Waals surface area contributed by atoms with Gasteiger partial charge in [-0.25, -0.2) is 0 Å². The fourth-order valence-electron chi connectivity index (χ4n) is 3.48. The van der Waals surface area contributed by atoms with Gasteiger partial charge >= 0.3 is 0 Å². The molecule has 1 heterocycles. The van der Waals surface area contributed by atoms with Crippen molar-refractivity contribution in [1.29, 1.82) is 0 Å². The third kappa shape index (κ3) is 2.50. The molecule has 0 aliphatic carbocycles. The molecule has 24 heavy (non-hydrogen) atoms. The molecule has 0 spiro atoms. The maximum Gasteiger partial charge on any atom is 0.0496 e. The van der Waals surface area contributed by atoms with Crippen LogP contribution in [-0.2, 0) is 5.41 Å². The summed E-state index contributed by atoms with van der Waals surface area (Å²) in [7, 11) is 0. The van der Waals surface area contributed by atoms with Crippen LogP contribution >= 0.6 is 0 Å². The molecule has 1 aliphatic heterocycles. The van der Waals surface area contributed by atoms with E-state index in [4.69, 9.17) is 0 Å². The summed E-state index contributed by atoms with van der Waals surface area (Å²) in [5.41, 5.74) is 4.03. The second-order valence-corrected chi connectivity index (χ2v) is 7.54. The maximum absolute atomic E-state index is 3.60. The Hall–Kier alpha value is -2.54. The van der Waals surface area contributed by atoms with Crippen LogP contribution in [0.3, 0.4) is 0 Å². The third-order valence-electron chi connectivity index (χ3n) is 4.84. The lowest BCUT2D eigenvalue weighted by molar-refractivity contribution is 0.590. The molecule has 1 nitrogen and oxygen atoms in total. The van der Waals surface area contributed by atoms with Crippen LogP contribution in [-0.4, -0.2) is 6.54 Å². The minimum atomic E-state index is 0.156. The van der Waals surface area contributed by atoms with Crippen LogP contribution in [0.4, 0.5) is 0 Å². The van der Waals surface area contributed by atoms with Gasteiger partial charge in [0, 0.05) is 17.5 Å². The normalized spacial score (nSPS) is 14.0. The number of nitrogens with one attached hydrogen (secondary N) is 1. The summed E-state index contributed by atoms with van der Waals surface area (Å²) in [4.78, 5) is 0. The highest BCUT2D eigenvalue weighted by molar-refractivity contribution is 5.85. The third-order valence-corrected chi connectivity index (χ3v) is 4.84. The Bertz CT molecular complexity index is 1040. The molecule has 1 N–H and O–H groups in total. The van der Waals surface area contributed by atoms with Crippen molar-refractivity contribution in [2.24, 2.45) is 0 Å². The van der Waals surface area contributed by atoms with Crippen LogP contribution < -0.4 is 15.8 Å². The van der Waals surface area contributed by atoms with Crippen LogP contribution in [0.5, 0.6) is 0 Å². The molecule has 3 aromatic rings. The molecule has 0 bridgehead atoms. The molecule has 0 saturated heterocycles. The zero-order valence-corrected chi connectivity index (χ0v) is 14.6. The van der Waals surface area contributed by atoms with Crippen molar-refractivity contribution in [3.05, 3.63) is 82.2 Å². The molecule has 0 unspecified atom stereocenters. The van der Waals surface area contributed by atoms with Gasteiger partial charge in [0.1, 0.15) is 0 Å². The molecule has 0 aromatic heterocycles. The molecule has 120 valence electrons. The van der Waals surface area contributed by atoms with Gasteiger partial charge in [-0.1, -0.05) is 81.4 Å². The Kier molecular flexibility index (Phi) is 3.45. The molecule has 1 heteroatoms. The molecule has 3 aromatic carbocycles. The summed E-state index contributed by atoms with van der Waals surface area (Å²) in [5, 5.41) is 8.88. The van der Waals surface area contributed by atoms with Gasteiger partial charge in [-0.2, -0.15) is 0 Å². The summed E-state index contributed by atoms with van der Waals surface area (Å²) in [6, 6.07) is 22.0. The SMILES string of the molecule is CC(C)(C)c1cccc(C2=c3ccc4ccccc4c3=CCN2)c1. The van der Waals surface area contributed by atoms with Crippen LogP contribution in [0.1, 0.15) is 31.9 Å². The lowest BCUT2D eigenvalue weighted by Gasteiger charge is -2.21. The van der Waals surface area contributed by atoms with Gasteiger partial charge in [0.15, 0.2) is 0 Å². The van der Waals surface area contributed by atoms with Crippen molar-refractivity contribution in [3.8, 4) is 0 Å². The topological polar surface area (TPSA) is 12.0 Å². The van der Waals surface area contributed by atoms with E-state index in [2.05, 4.69) is 92.8 Å². The molecule has 0 amide bonds. The first kappa shape index (κ1) is 15.0. The van der Waals surface area contributed by atoms with Crippen LogP contribution in [0.25, 0.3) is 22.5 Å². The maximum atomic E-state index is 3.60. The van der Waals surface area contributed by atoms with E-state index >= 15 is 0 Å². The van der Waals surface area contributed by atoms with E-state index in [9.17, 15) is 0 Å². The average Bonchev–Trinajstić information content (AvgIpc) is 2.60. The van der Waals surface area contributed by atoms with Crippen LogP contribution in [0.15, 0.2) is 60.7 Å². The summed E-state index contributed by atoms with van der Waals surface area (Å²) in [6.07, 6.45) is 2.30. The van der Waals surface area contributed by atoms with Crippen molar-refractivity contribution in [2.45, 2.75) is 26.2 Å². The van der Waals surface area contributed by atoms with Gasteiger partial charge in [-0.15, -0.1) is 0 Å². The lowest BCUT2D eigenvalue weighted by Crippen LogP contribution is -2.38. The largest absolute Gasteiger partial charge is 0.381 e. The first-order valence-corrected chi connectivity index (χ1v) is 8.61. The number of hydrogen-bond donors (Lipinski definition) is 1. The zero-order valence-electron chi connectivity index (χ0n) is 14.6. The van der Waals surface area contributed by atoms with Gasteiger partial charge in [0.05, 0.1) is 0 Å². The highest BCUT2D eigenvalue weighted by Crippen LogP contribution is 2.24. The van der Waals surface area contributed by atoms with Gasteiger partial charge < -0.3 is 5.32 Å². The highest BCUT2D eigenvalue weighted by Gasteiger charge is 2.15. The second kappa shape index (κ2) is 5.52. The molecule has 0 fully saturated rings. The molecular weight excluding hydrogens is 290 g/mol. The van der Waals surface area contributed by atoms with E-state index < -0.39 is 0 Å². The van der Waals surface area contributed by atoms with E-state index in [0.717, 1.165) is 6.54 Å². The molecule has 0 atom stereocenters. The summed E-state index contributed by atoms with van der Waals surface area (Å²) in [5.74, 6) is 0. The van der Waals surface area contributed by atoms with E-state index in [1.165, 1.54) is 38.0 Å². The van der Waals surface area contributed by atoms with E-state index in [1.54, 1.807) is 0 Å². The smallest absolute Gasteiger partial charge is 0.0496 e. The Balaban J connectivity index is 2.02. The first-order chi connectivity index (χ1) is 11.5. The Morgan fingerprint density at radius 1 is 0.875 bits per heavy atom. The van der Waals surface area contributed by atoms with Gasteiger partial charge in [0.25, 0.3) is 0 Å². The fraction of sp³-hybridized carbons (Fsp3) is 0.217. The molecule has 4 rings (SSSR count). The molecule has 0 radical (unpaired) electrons. The van der Waals surface area contributed by atoms with E-state index in [0.29, 0.717) is 0 Å². The molecule has 1 aliphatic rings. The van der Waals surface area contributed by atoms with Crippen molar-refractivity contribution >= 4 is 22.5 Å². The molecular formula is C23H23N. The zero-order chi connectivity index (χ0) is 16.7. The van der Waals surface area contributed by atoms with Crippen molar-refractivity contribution in [3.63, 3.8) is 0 Å². The Morgan fingerprint density at radius 3 is 2.54 bits per heavy atom. The fourth-order valence-corrected chi connectivity index (χ4v) is 3.48. The minimum absolute atomic E-state index is 0.156. The number of fused-ring (bicyclic) bond motifs is 3. The van der Waals surface area contributed by atoms with Gasteiger partial charge in [-0.05, 0) is 38.6 Å². The predicted molar refractivity (Wildman–Crippen MR) is 103 cm³/mol. The minimum Gasteiger partial charge on any atom is -0.381 e. The monoisotopic (exact) mass is 313 g/mol. The van der Waals surface area contributed by atoms with Crippen molar-refractivity contribution < 1.29 is 0 Å². The van der Waals surface area contributed by atoms with E-state index in [1.807, 2.05) is 0 Å². The molecule has 0 saturated carbocycles. The summed E-state index contributed by atoms with van der Waals surface area (Å²) < 4.78 is 0. The highest BCUT2D eigenvalue weighted by atomic mass is 14.9. The van der Waals surface area contributed by atoms with Gasteiger partial charge in [0.2, 0.25) is 0 Å². The number of benzene rings is 3. The number of hydrogen-bond acceptors (Lipinski definition) is 1. The Morgan fingerprint density at radius 2 is 1.71 bits per heavy atom. The lowest BCUT2D eigenvalue weighted by atomic mass is 9.85. The number of rotatable bonds is 1. The standard InChI is InChI=1S/C23H23N/c1-23(2,3)18-9-6-8-17(15-18)22-21-12-11-16-7-4-5-10-19(16)20(21)13-14-24-22/h4-13,15,24H,14H2,1-3H3. The first-order valence-electron chi connectivity index (χ1n) is 8.61. The van der Waals surface area contributed by atoms with Gasteiger partial charge in [-0.3, -0.25) is 0 Å². The second-order valence-electron chi connectivity index (χ2n) is 7.54. The Labute approximate surface area is 143 Å². The van der Waals surface area contributed by atoms with Crippen molar-refractivity contribution in [1.82, 2.24) is 5.32 Å².